The van der Waals surface area contributed by atoms with Gasteiger partial charge in [0.15, 0.2) is 5.82 Å². The molecule has 0 radical (unpaired) electrons. The Morgan fingerprint density at radius 2 is 1.07 bits per heavy atom. The molecule has 0 saturated carbocycles. The lowest BCUT2D eigenvalue weighted by Crippen LogP contribution is -2.32. The summed E-state index contributed by atoms with van der Waals surface area (Å²) < 4.78 is 0. The van der Waals surface area contributed by atoms with Gasteiger partial charge in [0.2, 0.25) is 0 Å². The summed E-state index contributed by atoms with van der Waals surface area (Å²) in [4.78, 5) is 12.9. The quantitative estimate of drug-likeness (QED) is 0.213. The fraction of sp³-hybridized carbons (Fsp3) is 0.0256. The highest BCUT2D eigenvalue weighted by Crippen LogP contribution is 2.62. The maximum Gasteiger partial charge on any atom is 0.160 e. The zero-order valence-electron chi connectivity index (χ0n) is 22.7. The van der Waals surface area contributed by atoms with Gasteiger partial charge in [0.25, 0.3) is 0 Å². The standard InChI is InChI=1S/C39H24N2S/c1-2-12-25(13-3-1)37-29-16-6-10-20-34(29)40-38(41-37)26-22-23-36-33(24-26)39(32-19-9-11-21-35(32)42-36)30-17-7-4-14-27(30)28-15-5-8-18-31(28)39/h1-24H. The lowest BCUT2D eigenvalue weighted by molar-refractivity contribution is 0.722. The van der Waals surface area contributed by atoms with Crippen molar-refractivity contribution >= 4 is 22.7 Å². The summed E-state index contributed by atoms with van der Waals surface area (Å²) in [5, 5.41) is 1.06. The third kappa shape index (κ3) is 3.23. The third-order valence-corrected chi connectivity index (χ3v) is 9.91. The van der Waals surface area contributed by atoms with E-state index in [2.05, 4.69) is 140 Å². The Bertz CT molecular complexity index is 2140. The van der Waals surface area contributed by atoms with E-state index in [1.807, 2.05) is 17.8 Å². The van der Waals surface area contributed by atoms with Crippen molar-refractivity contribution in [2.45, 2.75) is 15.2 Å². The lowest BCUT2D eigenvalue weighted by atomic mass is 9.67. The highest BCUT2D eigenvalue weighted by Gasteiger charge is 2.50. The molecule has 0 atom stereocenters. The number of aromatic nitrogens is 2. The van der Waals surface area contributed by atoms with Crippen molar-refractivity contribution < 1.29 is 0 Å². The maximum atomic E-state index is 5.22. The van der Waals surface area contributed by atoms with Crippen LogP contribution in [0.25, 0.3) is 44.7 Å². The molecule has 1 spiro atoms. The number of benzene rings is 6. The van der Waals surface area contributed by atoms with E-state index >= 15 is 0 Å². The monoisotopic (exact) mass is 552 g/mol. The first-order valence-electron chi connectivity index (χ1n) is 14.3. The Balaban J connectivity index is 1.35. The zero-order valence-corrected chi connectivity index (χ0v) is 23.5. The van der Waals surface area contributed by atoms with Gasteiger partial charge in [-0.25, -0.2) is 9.97 Å². The van der Waals surface area contributed by atoms with E-state index in [0.717, 1.165) is 33.5 Å². The largest absolute Gasteiger partial charge is 0.228 e. The number of para-hydroxylation sites is 1. The van der Waals surface area contributed by atoms with Crippen LogP contribution >= 0.6 is 11.8 Å². The molecule has 0 amide bonds. The third-order valence-electron chi connectivity index (χ3n) is 8.76. The van der Waals surface area contributed by atoms with Gasteiger partial charge in [-0.1, -0.05) is 133 Å². The molecule has 7 aromatic rings. The van der Waals surface area contributed by atoms with Crippen LogP contribution in [0.2, 0.25) is 0 Å². The number of hydrogen-bond donors (Lipinski definition) is 0. The van der Waals surface area contributed by atoms with Crippen LogP contribution in [0.4, 0.5) is 0 Å². The molecule has 2 nitrogen and oxygen atoms in total. The van der Waals surface area contributed by atoms with E-state index < -0.39 is 5.41 Å². The van der Waals surface area contributed by atoms with Gasteiger partial charge < -0.3 is 0 Å². The van der Waals surface area contributed by atoms with Gasteiger partial charge in [-0.3, -0.25) is 0 Å². The van der Waals surface area contributed by atoms with Crippen LogP contribution in [-0.4, -0.2) is 9.97 Å². The van der Waals surface area contributed by atoms with Crippen molar-refractivity contribution in [3.63, 3.8) is 0 Å². The molecule has 0 fully saturated rings. The second-order valence-corrected chi connectivity index (χ2v) is 12.0. The first-order valence-corrected chi connectivity index (χ1v) is 15.1. The maximum absolute atomic E-state index is 5.22. The number of nitrogens with zero attached hydrogens (tertiary/aromatic N) is 2. The molecule has 0 saturated heterocycles. The van der Waals surface area contributed by atoms with Crippen molar-refractivity contribution in [3.05, 3.63) is 168 Å². The van der Waals surface area contributed by atoms with Crippen LogP contribution in [0.1, 0.15) is 22.3 Å². The molecule has 1 aliphatic carbocycles. The van der Waals surface area contributed by atoms with E-state index in [1.165, 1.54) is 43.2 Å². The van der Waals surface area contributed by atoms with Gasteiger partial charge in [0.05, 0.1) is 16.6 Å². The molecule has 2 heterocycles. The molecule has 9 rings (SSSR count). The predicted molar refractivity (Wildman–Crippen MR) is 172 cm³/mol. The predicted octanol–water partition coefficient (Wildman–Crippen LogP) is 9.79. The Morgan fingerprint density at radius 1 is 0.452 bits per heavy atom. The fourth-order valence-electron chi connectivity index (χ4n) is 7.02. The smallest absolute Gasteiger partial charge is 0.160 e. The van der Waals surface area contributed by atoms with Gasteiger partial charge in [-0.05, 0) is 57.6 Å². The Morgan fingerprint density at radius 3 is 1.86 bits per heavy atom. The van der Waals surface area contributed by atoms with E-state index in [4.69, 9.17) is 9.97 Å². The molecule has 6 aromatic carbocycles. The molecule has 0 unspecified atom stereocenters. The molecule has 42 heavy (non-hydrogen) atoms. The zero-order chi connectivity index (χ0) is 27.7. The number of hydrogen-bond acceptors (Lipinski definition) is 3. The van der Waals surface area contributed by atoms with E-state index in [0.29, 0.717) is 0 Å². The summed E-state index contributed by atoms with van der Waals surface area (Å²) in [7, 11) is 0. The summed E-state index contributed by atoms with van der Waals surface area (Å²) in [6.45, 7) is 0. The van der Waals surface area contributed by atoms with Crippen LogP contribution < -0.4 is 0 Å². The van der Waals surface area contributed by atoms with Gasteiger partial charge >= 0.3 is 0 Å². The Kier molecular flexibility index (Phi) is 5.08. The van der Waals surface area contributed by atoms with Crippen molar-refractivity contribution in [1.82, 2.24) is 9.97 Å². The Hall–Kier alpha value is -4.99. The van der Waals surface area contributed by atoms with Crippen molar-refractivity contribution in [1.29, 1.82) is 0 Å². The van der Waals surface area contributed by atoms with Crippen LogP contribution in [0.15, 0.2) is 155 Å². The van der Waals surface area contributed by atoms with E-state index in [1.54, 1.807) is 0 Å². The lowest BCUT2D eigenvalue weighted by Gasteiger charge is -2.39. The minimum Gasteiger partial charge on any atom is -0.228 e. The summed E-state index contributed by atoms with van der Waals surface area (Å²) in [6, 6.07) is 52.3. The highest BCUT2D eigenvalue weighted by atomic mass is 32.2. The molecule has 0 bridgehead atoms. The summed E-state index contributed by atoms with van der Waals surface area (Å²) in [6.07, 6.45) is 0. The number of rotatable bonds is 2. The van der Waals surface area contributed by atoms with Crippen LogP contribution in [0.5, 0.6) is 0 Å². The molecule has 2 aliphatic rings. The van der Waals surface area contributed by atoms with Crippen LogP contribution in [0, 0.1) is 0 Å². The van der Waals surface area contributed by atoms with E-state index in [-0.39, 0.29) is 0 Å². The fourth-order valence-corrected chi connectivity index (χ4v) is 8.19. The molecular formula is C39H24N2S. The van der Waals surface area contributed by atoms with Gasteiger partial charge in [-0.15, -0.1) is 0 Å². The van der Waals surface area contributed by atoms with Crippen LogP contribution in [-0.2, 0) is 5.41 Å². The van der Waals surface area contributed by atoms with Gasteiger partial charge in [0.1, 0.15) is 0 Å². The minimum absolute atomic E-state index is 0.417. The molecule has 3 heteroatoms. The van der Waals surface area contributed by atoms with Gasteiger partial charge in [0, 0.05) is 26.3 Å². The second-order valence-electron chi connectivity index (χ2n) is 10.9. The average molecular weight is 553 g/mol. The molecule has 1 aromatic heterocycles. The second kappa shape index (κ2) is 9.01. The normalized spacial score (nSPS) is 13.8. The molecule has 196 valence electrons. The van der Waals surface area contributed by atoms with Crippen molar-refractivity contribution in [2.24, 2.45) is 0 Å². The van der Waals surface area contributed by atoms with Crippen LogP contribution in [0.3, 0.4) is 0 Å². The average Bonchev–Trinajstić information content (AvgIpc) is 3.35. The number of fused-ring (bicyclic) bond motifs is 10. The molecule has 1 aliphatic heterocycles. The Labute approximate surface area is 248 Å². The highest BCUT2D eigenvalue weighted by molar-refractivity contribution is 7.99. The van der Waals surface area contributed by atoms with Gasteiger partial charge in [-0.2, -0.15) is 0 Å². The van der Waals surface area contributed by atoms with E-state index in [9.17, 15) is 0 Å². The first-order chi connectivity index (χ1) is 20.8. The summed E-state index contributed by atoms with van der Waals surface area (Å²) in [5.41, 5.74) is 11.5. The first kappa shape index (κ1) is 23.7. The topological polar surface area (TPSA) is 25.8 Å². The molecular weight excluding hydrogens is 529 g/mol. The minimum atomic E-state index is -0.417. The summed E-state index contributed by atoms with van der Waals surface area (Å²) in [5.74, 6) is 0.744. The summed E-state index contributed by atoms with van der Waals surface area (Å²) >= 11 is 1.86. The molecule has 0 N–H and O–H groups in total. The SMILES string of the molecule is c1ccc(-c2nc(-c3ccc4c(c3)C3(c5ccccc5S4)c4ccccc4-c4ccccc43)nc3ccccc23)cc1. The van der Waals surface area contributed by atoms with Crippen molar-refractivity contribution in [3.8, 4) is 33.8 Å². The van der Waals surface area contributed by atoms with Crippen molar-refractivity contribution in [2.75, 3.05) is 0 Å².